The summed E-state index contributed by atoms with van der Waals surface area (Å²) in [6, 6.07) is 0.396. The molecule has 2 N–H and O–H groups in total. The lowest BCUT2D eigenvalue weighted by Gasteiger charge is -2.60. The van der Waals surface area contributed by atoms with Gasteiger partial charge in [0.05, 0.1) is 12.6 Å². The zero-order chi connectivity index (χ0) is 14.0. The molecule has 1 saturated carbocycles. The van der Waals surface area contributed by atoms with Crippen molar-refractivity contribution in [3.63, 3.8) is 0 Å². The Balaban J connectivity index is 1.95. The Bertz CT molecular complexity index is 381. The fourth-order valence-corrected chi connectivity index (χ4v) is 3.40. The molecule has 1 heterocycles. The molecule has 0 aromatic carbocycles. The molecule has 3 unspecified atom stereocenters. The maximum atomic E-state index is 5.90. The number of halogens is 1. The summed E-state index contributed by atoms with van der Waals surface area (Å²) < 4.78 is 5.90. The van der Waals surface area contributed by atoms with Crippen LogP contribution in [-0.4, -0.2) is 38.3 Å². The van der Waals surface area contributed by atoms with Gasteiger partial charge in [-0.2, -0.15) is 0 Å². The topological polar surface area (TPSA) is 45.7 Å². The van der Waals surface area contributed by atoms with Crippen LogP contribution in [0.15, 0.2) is 16.6 Å². The largest absolute Gasteiger partial charge is 0.377 e. The number of fused-ring (bicyclic) bond motifs is 1. The summed E-state index contributed by atoms with van der Waals surface area (Å²) in [5.74, 6) is 1.37. The van der Waals surface area contributed by atoms with Crippen LogP contribution in [0.3, 0.4) is 0 Å². The SMILES string of the molecule is C=C(Cl)CNC(=NC)NC1C2CCCOC2C1(C)C. The third-order valence-corrected chi connectivity index (χ3v) is 4.43. The predicted molar refractivity (Wildman–Crippen MR) is 79.5 cm³/mol. The van der Waals surface area contributed by atoms with Gasteiger partial charge in [0.25, 0.3) is 0 Å². The smallest absolute Gasteiger partial charge is 0.191 e. The van der Waals surface area contributed by atoms with Gasteiger partial charge in [-0.05, 0) is 12.8 Å². The van der Waals surface area contributed by atoms with E-state index in [1.165, 1.54) is 6.42 Å². The Morgan fingerprint density at radius 1 is 1.53 bits per heavy atom. The second-order valence-electron chi connectivity index (χ2n) is 5.98. The molecule has 0 aromatic heterocycles. The first-order valence-electron chi connectivity index (χ1n) is 6.89. The molecule has 0 amide bonds. The van der Waals surface area contributed by atoms with E-state index in [0.29, 0.717) is 29.6 Å². The number of hydrogen-bond donors (Lipinski definition) is 2. The Morgan fingerprint density at radius 2 is 2.26 bits per heavy atom. The minimum absolute atomic E-state index is 0.140. The monoisotopic (exact) mass is 285 g/mol. The summed E-state index contributed by atoms with van der Waals surface area (Å²) in [7, 11) is 1.77. The van der Waals surface area contributed by atoms with Gasteiger partial charge in [-0.3, -0.25) is 4.99 Å². The van der Waals surface area contributed by atoms with E-state index in [1.807, 2.05) is 0 Å². The van der Waals surface area contributed by atoms with E-state index < -0.39 is 0 Å². The molecule has 1 aliphatic carbocycles. The molecule has 108 valence electrons. The molecular formula is C14H24ClN3O. The summed E-state index contributed by atoms with van der Waals surface area (Å²) in [6.45, 7) is 9.60. The lowest BCUT2D eigenvalue weighted by Crippen LogP contribution is -2.71. The van der Waals surface area contributed by atoms with Crippen molar-refractivity contribution < 1.29 is 4.74 Å². The normalized spacial score (nSPS) is 33.1. The van der Waals surface area contributed by atoms with E-state index >= 15 is 0 Å². The highest BCUT2D eigenvalue weighted by molar-refractivity contribution is 6.29. The van der Waals surface area contributed by atoms with E-state index in [0.717, 1.165) is 19.0 Å². The van der Waals surface area contributed by atoms with E-state index in [9.17, 15) is 0 Å². The first-order valence-corrected chi connectivity index (χ1v) is 7.26. The third kappa shape index (κ3) is 2.90. The minimum atomic E-state index is 0.140. The van der Waals surface area contributed by atoms with Crippen molar-refractivity contribution >= 4 is 17.6 Å². The van der Waals surface area contributed by atoms with Gasteiger partial charge in [0.1, 0.15) is 0 Å². The van der Waals surface area contributed by atoms with Crippen LogP contribution in [-0.2, 0) is 4.74 Å². The summed E-state index contributed by atoms with van der Waals surface area (Å²) in [6.07, 6.45) is 2.75. The van der Waals surface area contributed by atoms with Gasteiger partial charge < -0.3 is 15.4 Å². The molecular weight excluding hydrogens is 262 g/mol. The molecule has 0 spiro atoms. The molecule has 2 rings (SSSR count). The van der Waals surface area contributed by atoms with E-state index in [1.54, 1.807) is 7.05 Å². The van der Waals surface area contributed by atoms with Gasteiger partial charge >= 0.3 is 0 Å². The van der Waals surface area contributed by atoms with Crippen LogP contribution in [0.2, 0.25) is 0 Å². The molecule has 0 aromatic rings. The van der Waals surface area contributed by atoms with Crippen molar-refractivity contribution in [1.29, 1.82) is 0 Å². The van der Waals surface area contributed by atoms with E-state index in [2.05, 4.69) is 36.1 Å². The highest BCUT2D eigenvalue weighted by atomic mass is 35.5. The molecule has 19 heavy (non-hydrogen) atoms. The highest BCUT2D eigenvalue weighted by Gasteiger charge is 2.58. The second-order valence-corrected chi connectivity index (χ2v) is 6.52. The average molecular weight is 286 g/mol. The molecule has 3 atom stereocenters. The number of nitrogens with one attached hydrogen (secondary N) is 2. The van der Waals surface area contributed by atoms with Gasteiger partial charge in [0, 0.05) is 36.1 Å². The zero-order valence-electron chi connectivity index (χ0n) is 12.0. The van der Waals surface area contributed by atoms with Crippen molar-refractivity contribution in [1.82, 2.24) is 10.6 Å². The first-order chi connectivity index (χ1) is 8.96. The number of nitrogens with zero attached hydrogens (tertiary/aromatic N) is 1. The molecule has 1 saturated heterocycles. The maximum Gasteiger partial charge on any atom is 0.191 e. The molecule has 2 fully saturated rings. The lowest BCUT2D eigenvalue weighted by atomic mass is 9.55. The third-order valence-electron chi connectivity index (χ3n) is 4.29. The van der Waals surface area contributed by atoms with Gasteiger partial charge in [-0.25, -0.2) is 0 Å². The zero-order valence-corrected chi connectivity index (χ0v) is 12.8. The predicted octanol–water partition coefficient (Wildman–Crippen LogP) is 2.11. The standard InChI is InChI=1S/C14H24ClN3O/c1-9(15)8-17-13(16-4)18-11-10-6-5-7-19-12(10)14(11,2)3/h10-12H,1,5-8H2,2-4H3,(H2,16,17,18). The van der Waals surface area contributed by atoms with Crippen LogP contribution >= 0.6 is 11.6 Å². The van der Waals surface area contributed by atoms with Gasteiger partial charge in [0.2, 0.25) is 0 Å². The molecule has 1 aliphatic heterocycles. The van der Waals surface area contributed by atoms with Gasteiger partial charge in [0.15, 0.2) is 5.96 Å². The van der Waals surface area contributed by atoms with Crippen LogP contribution < -0.4 is 10.6 Å². The Morgan fingerprint density at radius 3 is 2.89 bits per heavy atom. The number of guanidine groups is 1. The Kier molecular flexibility index (Phi) is 4.41. The number of rotatable bonds is 3. The fraction of sp³-hybridized carbons (Fsp3) is 0.786. The number of ether oxygens (including phenoxy) is 1. The van der Waals surface area contributed by atoms with Crippen LogP contribution in [0.25, 0.3) is 0 Å². The second kappa shape index (κ2) is 5.71. The summed E-state index contributed by atoms with van der Waals surface area (Å²) in [5.41, 5.74) is 0.140. The fourth-order valence-electron chi connectivity index (χ4n) is 3.34. The van der Waals surface area contributed by atoms with Crippen molar-refractivity contribution in [3.05, 3.63) is 11.6 Å². The van der Waals surface area contributed by atoms with E-state index in [4.69, 9.17) is 16.3 Å². The minimum Gasteiger partial charge on any atom is -0.377 e. The summed E-state index contributed by atoms with van der Waals surface area (Å²) in [5, 5.41) is 7.25. The quantitative estimate of drug-likeness (QED) is 0.617. The average Bonchev–Trinajstić information content (AvgIpc) is 2.38. The van der Waals surface area contributed by atoms with Crippen molar-refractivity contribution in [2.45, 2.75) is 38.8 Å². The van der Waals surface area contributed by atoms with Gasteiger partial charge in [-0.15, -0.1) is 0 Å². The first kappa shape index (κ1) is 14.7. The van der Waals surface area contributed by atoms with Crippen LogP contribution in [0.4, 0.5) is 0 Å². The highest BCUT2D eigenvalue weighted by Crippen LogP contribution is 2.51. The Labute approximate surface area is 120 Å². The molecule has 2 aliphatic rings. The van der Waals surface area contributed by atoms with Crippen molar-refractivity contribution in [3.8, 4) is 0 Å². The van der Waals surface area contributed by atoms with Crippen LogP contribution in [0.5, 0.6) is 0 Å². The van der Waals surface area contributed by atoms with Crippen LogP contribution in [0, 0.1) is 11.3 Å². The number of hydrogen-bond acceptors (Lipinski definition) is 2. The van der Waals surface area contributed by atoms with Crippen molar-refractivity contribution in [2.75, 3.05) is 20.2 Å². The molecule has 4 nitrogen and oxygen atoms in total. The molecule has 0 bridgehead atoms. The number of aliphatic imine (C=N–C) groups is 1. The maximum absolute atomic E-state index is 5.90. The van der Waals surface area contributed by atoms with Crippen LogP contribution in [0.1, 0.15) is 26.7 Å². The lowest BCUT2D eigenvalue weighted by molar-refractivity contribution is -0.188. The Hall–Kier alpha value is -0.740. The summed E-state index contributed by atoms with van der Waals surface area (Å²) >= 11 is 5.77. The van der Waals surface area contributed by atoms with E-state index in [-0.39, 0.29) is 5.41 Å². The molecule has 5 heteroatoms. The van der Waals surface area contributed by atoms with Gasteiger partial charge in [-0.1, -0.05) is 32.0 Å². The van der Waals surface area contributed by atoms with Crippen molar-refractivity contribution in [2.24, 2.45) is 16.3 Å². The molecule has 0 radical (unpaired) electrons. The summed E-state index contributed by atoms with van der Waals surface area (Å²) in [4.78, 5) is 4.24.